The van der Waals surface area contributed by atoms with Gasteiger partial charge in [-0.05, 0) is 0 Å². The van der Waals surface area contributed by atoms with E-state index in [-0.39, 0.29) is 0 Å². The second kappa shape index (κ2) is 8.41. The van der Waals surface area contributed by atoms with Crippen molar-refractivity contribution < 1.29 is 57.2 Å². The summed E-state index contributed by atoms with van der Waals surface area (Å²) >= 11 is 0. The number of rotatable bonds is 12. The van der Waals surface area contributed by atoms with Crippen LogP contribution >= 0.6 is 0 Å². The van der Waals surface area contributed by atoms with E-state index in [1.54, 1.807) is 0 Å². The molecule has 0 aliphatic carbocycles. The third-order valence-corrected chi connectivity index (χ3v) is 6.68. The third kappa shape index (κ3) is 4.53. The Balaban J connectivity index is 5.85. The predicted molar refractivity (Wildman–Crippen MR) is 75.8 cm³/mol. The van der Waals surface area contributed by atoms with Crippen LogP contribution in [-0.2, 0) is 13.3 Å². The summed E-state index contributed by atoms with van der Waals surface area (Å²) in [5, 5.41) is 0. The zero-order chi connectivity index (χ0) is 21.9. The van der Waals surface area contributed by atoms with Gasteiger partial charge in [0.05, 0.1) is 0 Å². The lowest BCUT2D eigenvalue weighted by atomic mass is 9.91. The molecule has 14 heteroatoms. The fourth-order valence-electron chi connectivity index (χ4n) is 2.15. The standard InChI is InChI=1S/C13H20F10O3Si/c1-5-6-9(14,15)11(18,19)13(22,23)12(20,21)10(16,17)7-8-27(24-2,25-3)26-4/h5-8H2,1-4H3. The zero-order valence-corrected chi connectivity index (χ0v) is 15.8. The van der Waals surface area contributed by atoms with Crippen LogP contribution in [0.1, 0.15) is 26.2 Å². The first-order valence-electron chi connectivity index (χ1n) is 7.49. The van der Waals surface area contributed by atoms with Gasteiger partial charge in [-0.15, -0.1) is 0 Å². The molecule has 0 heterocycles. The molecular weight excluding hydrogens is 422 g/mol. The Hall–Kier alpha value is -0.603. The van der Waals surface area contributed by atoms with Gasteiger partial charge in [0.25, 0.3) is 0 Å². The van der Waals surface area contributed by atoms with Crippen LogP contribution in [-0.4, -0.2) is 59.7 Å². The zero-order valence-electron chi connectivity index (χ0n) is 14.8. The van der Waals surface area contributed by atoms with Crippen molar-refractivity contribution in [3.8, 4) is 0 Å². The van der Waals surface area contributed by atoms with Gasteiger partial charge in [-0.2, -0.15) is 43.9 Å². The summed E-state index contributed by atoms with van der Waals surface area (Å²) in [7, 11) is -1.24. The van der Waals surface area contributed by atoms with Crippen LogP contribution in [0.25, 0.3) is 0 Å². The smallest absolute Gasteiger partial charge is 0.377 e. The lowest BCUT2D eigenvalue weighted by Gasteiger charge is -2.40. The molecule has 0 aliphatic heterocycles. The van der Waals surface area contributed by atoms with Crippen LogP contribution in [0.15, 0.2) is 0 Å². The van der Waals surface area contributed by atoms with E-state index in [9.17, 15) is 43.9 Å². The van der Waals surface area contributed by atoms with Crippen LogP contribution in [0.5, 0.6) is 0 Å². The van der Waals surface area contributed by atoms with E-state index in [2.05, 4.69) is 13.3 Å². The van der Waals surface area contributed by atoms with Gasteiger partial charge in [0.15, 0.2) is 0 Å². The van der Waals surface area contributed by atoms with Gasteiger partial charge in [0, 0.05) is 40.2 Å². The van der Waals surface area contributed by atoms with E-state index < -0.39 is 63.7 Å². The van der Waals surface area contributed by atoms with Crippen molar-refractivity contribution in [2.75, 3.05) is 21.3 Å². The van der Waals surface area contributed by atoms with Crippen LogP contribution in [0.4, 0.5) is 43.9 Å². The fraction of sp³-hybridized carbons (Fsp3) is 1.00. The largest absolute Gasteiger partial charge is 0.500 e. The van der Waals surface area contributed by atoms with Crippen LogP contribution in [0.3, 0.4) is 0 Å². The molecule has 0 saturated carbocycles. The summed E-state index contributed by atoms with van der Waals surface area (Å²) in [5.41, 5.74) is 0. The van der Waals surface area contributed by atoms with Crippen LogP contribution in [0.2, 0.25) is 6.04 Å². The molecule has 0 aliphatic rings. The average molecular weight is 442 g/mol. The highest BCUT2D eigenvalue weighted by Gasteiger charge is 2.85. The molecule has 0 aromatic rings. The maximum atomic E-state index is 13.8. The van der Waals surface area contributed by atoms with Gasteiger partial charge in [0.2, 0.25) is 0 Å². The summed E-state index contributed by atoms with van der Waals surface area (Å²) < 4.78 is 150. The fourth-order valence-corrected chi connectivity index (χ4v) is 3.88. The molecule has 164 valence electrons. The molecule has 0 fully saturated rings. The maximum Gasteiger partial charge on any atom is 0.500 e. The number of hydrogen-bond donors (Lipinski definition) is 0. The molecular formula is C13H20F10O3Si. The Bertz CT molecular complexity index is 475. The van der Waals surface area contributed by atoms with Crippen molar-refractivity contribution in [1.82, 2.24) is 0 Å². The third-order valence-electron chi connectivity index (χ3n) is 3.95. The molecule has 3 nitrogen and oxygen atoms in total. The van der Waals surface area contributed by atoms with Crippen molar-refractivity contribution in [3.63, 3.8) is 0 Å². The van der Waals surface area contributed by atoms with Gasteiger partial charge in [-0.1, -0.05) is 13.3 Å². The first-order chi connectivity index (χ1) is 11.9. The van der Waals surface area contributed by atoms with Crippen LogP contribution in [0, 0.1) is 0 Å². The van der Waals surface area contributed by atoms with E-state index in [1.165, 1.54) is 0 Å². The first kappa shape index (κ1) is 26.4. The van der Waals surface area contributed by atoms with E-state index in [0.717, 1.165) is 28.3 Å². The minimum absolute atomic E-state index is 0.774. The van der Waals surface area contributed by atoms with Crippen LogP contribution < -0.4 is 0 Å². The molecule has 0 bridgehead atoms. The Morgan fingerprint density at radius 2 is 0.926 bits per heavy atom. The van der Waals surface area contributed by atoms with Crippen molar-refractivity contribution in [2.24, 2.45) is 0 Å². The highest BCUT2D eigenvalue weighted by Crippen LogP contribution is 2.58. The van der Waals surface area contributed by atoms with Crippen molar-refractivity contribution in [3.05, 3.63) is 0 Å². The monoisotopic (exact) mass is 442 g/mol. The summed E-state index contributed by atoms with van der Waals surface area (Å²) in [6.45, 7) is 0.902. The Kier molecular flexibility index (Phi) is 8.22. The molecule has 27 heavy (non-hydrogen) atoms. The van der Waals surface area contributed by atoms with Gasteiger partial charge < -0.3 is 13.3 Å². The SMILES string of the molecule is CCCC(F)(F)C(F)(F)C(F)(F)C(F)(F)C(F)(F)CC[Si](OC)(OC)OC. The summed E-state index contributed by atoms with van der Waals surface area (Å²) in [6.07, 6.45) is -4.80. The van der Waals surface area contributed by atoms with Crippen molar-refractivity contribution in [1.29, 1.82) is 0 Å². The second-order valence-corrected chi connectivity index (χ2v) is 8.77. The normalized spacial score (nSPS) is 15.3. The maximum absolute atomic E-state index is 13.8. The lowest BCUT2D eigenvalue weighted by molar-refractivity contribution is -0.402. The average Bonchev–Trinajstić information content (AvgIpc) is 2.55. The molecule has 0 radical (unpaired) electrons. The van der Waals surface area contributed by atoms with Gasteiger partial charge in [-0.25, -0.2) is 0 Å². The highest BCUT2D eigenvalue weighted by molar-refractivity contribution is 6.60. The Morgan fingerprint density at radius 1 is 0.593 bits per heavy atom. The predicted octanol–water partition coefficient (Wildman–Crippen LogP) is 5.23. The van der Waals surface area contributed by atoms with Crippen molar-refractivity contribution in [2.45, 2.75) is 61.8 Å². The number of alkyl halides is 10. The number of halogens is 10. The highest BCUT2D eigenvalue weighted by atomic mass is 28.4. The van der Waals surface area contributed by atoms with E-state index in [1.807, 2.05) is 0 Å². The summed E-state index contributed by atoms with van der Waals surface area (Å²) in [6, 6.07) is -1.16. The van der Waals surface area contributed by atoms with E-state index in [0.29, 0.717) is 0 Å². The molecule has 0 saturated heterocycles. The summed E-state index contributed by atoms with van der Waals surface area (Å²) in [4.78, 5) is 0. The molecule has 0 amide bonds. The minimum Gasteiger partial charge on any atom is -0.377 e. The van der Waals surface area contributed by atoms with E-state index >= 15 is 0 Å². The first-order valence-corrected chi connectivity index (χ1v) is 9.43. The molecule has 0 unspecified atom stereocenters. The number of hydrogen-bond acceptors (Lipinski definition) is 3. The Labute approximate surface area is 150 Å². The molecule has 0 atom stereocenters. The quantitative estimate of drug-likeness (QED) is 0.306. The molecule has 0 N–H and O–H groups in total. The minimum atomic E-state index is -7.04. The molecule has 0 aromatic heterocycles. The van der Waals surface area contributed by atoms with Gasteiger partial charge >= 0.3 is 38.4 Å². The molecule has 0 rings (SSSR count). The van der Waals surface area contributed by atoms with E-state index in [4.69, 9.17) is 0 Å². The molecule has 0 aromatic carbocycles. The summed E-state index contributed by atoms with van der Waals surface area (Å²) in [5.74, 6) is -32.0. The molecule has 0 spiro atoms. The van der Waals surface area contributed by atoms with Crippen molar-refractivity contribution >= 4 is 8.80 Å². The lowest BCUT2D eigenvalue weighted by Crippen LogP contribution is -2.67. The van der Waals surface area contributed by atoms with Gasteiger partial charge in [-0.3, -0.25) is 0 Å². The topological polar surface area (TPSA) is 27.7 Å². The Morgan fingerprint density at radius 3 is 1.22 bits per heavy atom. The van der Waals surface area contributed by atoms with Gasteiger partial charge in [0.1, 0.15) is 0 Å². The second-order valence-electron chi connectivity index (χ2n) is 5.68.